The number of nitrogens with two attached hydrogens (primary N) is 1. The maximum Gasteiger partial charge on any atom is 0.312 e. The van der Waals surface area contributed by atoms with Crippen molar-refractivity contribution in [1.29, 1.82) is 0 Å². The molecule has 7 heteroatoms. The predicted molar refractivity (Wildman–Crippen MR) is 96.3 cm³/mol. The average Bonchev–Trinajstić information content (AvgIpc) is 2.52. The van der Waals surface area contributed by atoms with E-state index in [-0.39, 0.29) is 18.9 Å². The van der Waals surface area contributed by atoms with E-state index in [0.717, 1.165) is 35.2 Å². The number of rotatable bonds is 9. The van der Waals surface area contributed by atoms with E-state index in [9.17, 15) is 14.4 Å². The Bertz CT molecular complexity index is 606. The normalized spacial score (nSPS) is 10.2. The van der Waals surface area contributed by atoms with Gasteiger partial charge in [-0.25, -0.2) is 4.79 Å². The van der Waals surface area contributed by atoms with Crippen LogP contribution in [0.25, 0.3) is 0 Å². The number of esters is 1. The van der Waals surface area contributed by atoms with Crippen molar-refractivity contribution >= 4 is 23.6 Å². The number of aryl methyl sites for hydroxylation is 3. The Morgan fingerprint density at radius 3 is 2.28 bits per heavy atom. The zero-order chi connectivity index (χ0) is 18.8. The first kappa shape index (κ1) is 20.5. The second kappa shape index (κ2) is 10.3. The Morgan fingerprint density at radius 1 is 1.04 bits per heavy atom. The summed E-state index contributed by atoms with van der Waals surface area (Å²) in [7, 11) is 0. The molecule has 0 aliphatic carbocycles. The van der Waals surface area contributed by atoms with Crippen LogP contribution in [-0.4, -0.2) is 31.1 Å². The van der Waals surface area contributed by atoms with Gasteiger partial charge in [-0.1, -0.05) is 24.1 Å². The van der Waals surface area contributed by atoms with E-state index in [2.05, 4.69) is 10.6 Å². The quantitative estimate of drug-likeness (QED) is 0.469. The highest BCUT2D eigenvalue weighted by Gasteiger charge is 2.11. The van der Waals surface area contributed by atoms with Crippen LogP contribution in [0.15, 0.2) is 12.1 Å². The first-order valence-electron chi connectivity index (χ1n) is 8.36. The number of primary amides is 1. The SMILES string of the molecule is Cc1cc(C)c(NC(=O)COC(=O)CCCCCNC(N)=O)c(C)c1. The Balaban J connectivity index is 2.25. The number of benzene rings is 1. The molecule has 4 N–H and O–H groups in total. The van der Waals surface area contributed by atoms with Crippen molar-refractivity contribution < 1.29 is 19.1 Å². The molecule has 0 bridgehead atoms. The number of urea groups is 1. The molecule has 0 spiro atoms. The van der Waals surface area contributed by atoms with E-state index in [1.165, 1.54) is 0 Å². The number of carbonyl (C=O) groups excluding carboxylic acids is 3. The van der Waals surface area contributed by atoms with Gasteiger partial charge in [0.2, 0.25) is 0 Å². The lowest BCUT2D eigenvalue weighted by Gasteiger charge is -2.13. The fraction of sp³-hybridized carbons (Fsp3) is 0.500. The highest BCUT2D eigenvalue weighted by molar-refractivity contribution is 5.94. The van der Waals surface area contributed by atoms with Crippen LogP contribution in [0, 0.1) is 20.8 Å². The molecular formula is C18H27N3O4. The van der Waals surface area contributed by atoms with E-state index in [0.29, 0.717) is 13.0 Å². The van der Waals surface area contributed by atoms with Crippen LogP contribution in [0.5, 0.6) is 0 Å². The number of amides is 3. The van der Waals surface area contributed by atoms with E-state index < -0.39 is 12.0 Å². The zero-order valence-electron chi connectivity index (χ0n) is 15.1. The molecule has 25 heavy (non-hydrogen) atoms. The fourth-order valence-corrected chi connectivity index (χ4v) is 2.55. The van der Waals surface area contributed by atoms with Crippen molar-refractivity contribution in [1.82, 2.24) is 5.32 Å². The molecule has 0 atom stereocenters. The Hall–Kier alpha value is -2.57. The van der Waals surface area contributed by atoms with Crippen molar-refractivity contribution in [3.05, 3.63) is 28.8 Å². The summed E-state index contributed by atoms with van der Waals surface area (Å²) in [5, 5.41) is 5.27. The fourth-order valence-electron chi connectivity index (χ4n) is 2.55. The minimum absolute atomic E-state index is 0.242. The Labute approximate surface area is 148 Å². The maximum absolute atomic E-state index is 11.9. The molecule has 1 aromatic rings. The van der Waals surface area contributed by atoms with Gasteiger partial charge in [-0.15, -0.1) is 0 Å². The molecule has 0 aromatic heterocycles. The second-order valence-electron chi connectivity index (χ2n) is 6.08. The molecule has 0 saturated carbocycles. The summed E-state index contributed by atoms with van der Waals surface area (Å²) in [4.78, 5) is 34.1. The molecule has 0 aliphatic rings. The predicted octanol–water partition coefficient (Wildman–Crippen LogP) is 2.32. The molecule has 0 aliphatic heterocycles. The molecule has 1 rings (SSSR count). The molecule has 0 saturated heterocycles. The first-order valence-corrected chi connectivity index (χ1v) is 8.36. The molecule has 3 amide bonds. The number of anilines is 1. The molecule has 0 fully saturated rings. The second-order valence-corrected chi connectivity index (χ2v) is 6.08. The lowest BCUT2D eigenvalue weighted by atomic mass is 10.1. The van der Waals surface area contributed by atoms with Crippen LogP contribution < -0.4 is 16.4 Å². The van der Waals surface area contributed by atoms with E-state index >= 15 is 0 Å². The number of carbonyl (C=O) groups is 3. The van der Waals surface area contributed by atoms with Gasteiger partial charge < -0.3 is 21.1 Å². The summed E-state index contributed by atoms with van der Waals surface area (Å²) in [5.41, 5.74) is 8.78. The minimum Gasteiger partial charge on any atom is -0.456 e. The van der Waals surface area contributed by atoms with Gasteiger partial charge in [0, 0.05) is 18.7 Å². The molecular weight excluding hydrogens is 322 g/mol. The van der Waals surface area contributed by atoms with Gasteiger partial charge in [-0.2, -0.15) is 0 Å². The van der Waals surface area contributed by atoms with Gasteiger partial charge in [0.15, 0.2) is 6.61 Å². The summed E-state index contributed by atoms with van der Waals surface area (Å²) in [5.74, 6) is -0.760. The first-order chi connectivity index (χ1) is 11.8. The molecule has 7 nitrogen and oxygen atoms in total. The standard InChI is InChI=1S/C18H27N3O4/c1-12-9-13(2)17(14(3)10-12)21-15(22)11-25-16(23)7-5-4-6-8-20-18(19)24/h9-10H,4-8,11H2,1-3H3,(H,21,22)(H3,19,20,24). The maximum atomic E-state index is 11.9. The molecule has 0 heterocycles. The van der Waals surface area contributed by atoms with Crippen molar-refractivity contribution in [2.45, 2.75) is 46.5 Å². The summed E-state index contributed by atoms with van der Waals surface area (Å²) in [6.07, 6.45) is 2.38. The van der Waals surface area contributed by atoms with Gasteiger partial charge in [-0.05, 0) is 44.7 Å². The summed E-state index contributed by atoms with van der Waals surface area (Å²) < 4.78 is 4.98. The number of unbranched alkanes of at least 4 members (excludes halogenated alkanes) is 2. The largest absolute Gasteiger partial charge is 0.456 e. The third-order valence-electron chi connectivity index (χ3n) is 3.66. The van der Waals surface area contributed by atoms with Gasteiger partial charge in [0.25, 0.3) is 5.91 Å². The minimum atomic E-state index is -0.551. The zero-order valence-corrected chi connectivity index (χ0v) is 15.1. The van der Waals surface area contributed by atoms with Crippen LogP contribution in [0.1, 0.15) is 42.4 Å². The Kier molecular flexibility index (Phi) is 8.46. The van der Waals surface area contributed by atoms with Gasteiger partial charge in [-0.3, -0.25) is 9.59 Å². The van der Waals surface area contributed by atoms with Crippen molar-refractivity contribution in [3.8, 4) is 0 Å². The summed E-state index contributed by atoms with van der Waals surface area (Å²) in [6.45, 7) is 6.04. The highest BCUT2D eigenvalue weighted by atomic mass is 16.5. The topological polar surface area (TPSA) is 111 Å². The third kappa shape index (κ3) is 8.19. The smallest absolute Gasteiger partial charge is 0.312 e. The molecule has 0 unspecified atom stereocenters. The number of hydrogen-bond donors (Lipinski definition) is 3. The van der Waals surface area contributed by atoms with Crippen LogP contribution in [0.2, 0.25) is 0 Å². The molecule has 1 aromatic carbocycles. The lowest BCUT2D eigenvalue weighted by Crippen LogP contribution is -2.29. The molecule has 138 valence electrons. The van der Waals surface area contributed by atoms with Crippen LogP contribution in [0.3, 0.4) is 0 Å². The summed E-state index contributed by atoms with van der Waals surface area (Å²) >= 11 is 0. The number of ether oxygens (including phenoxy) is 1. The third-order valence-corrected chi connectivity index (χ3v) is 3.66. The Morgan fingerprint density at radius 2 is 1.68 bits per heavy atom. The van der Waals surface area contributed by atoms with E-state index in [4.69, 9.17) is 10.5 Å². The molecule has 0 radical (unpaired) electrons. The van der Waals surface area contributed by atoms with Gasteiger partial charge >= 0.3 is 12.0 Å². The van der Waals surface area contributed by atoms with Gasteiger partial charge in [0.05, 0.1) is 0 Å². The van der Waals surface area contributed by atoms with Crippen LogP contribution in [0.4, 0.5) is 10.5 Å². The summed E-state index contributed by atoms with van der Waals surface area (Å²) in [6, 6.07) is 3.42. The number of hydrogen-bond acceptors (Lipinski definition) is 4. The lowest BCUT2D eigenvalue weighted by molar-refractivity contribution is -0.147. The van der Waals surface area contributed by atoms with Crippen LogP contribution >= 0.6 is 0 Å². The van der Waals surface area contributed by atoms with E-state index in [1.54, 1.807) is 0 Å². The van der Waals surface area contributed by atoms with E-state index in [1.807, 2.05) is 32.9 Å². The van der Waals surface area contributed by atoms with Crippen molar-refractivity contribution in [2.75, 3.05) is 18.5 Å². The van der Waals surface area contributed by atoms with Crippen molar-refractivity contribution in [3.63, 3.8) is 0 Å². The average molecular weight is 349 g/mol. The van der Waals surface area contributed by atoms with Crippen LogP contribution in [-0.2, 0) is 14.3 Å². The van der Waals surface area contributed by atoms with Crippen molar-refractivity contribution in [2.24, 2.45) is 5.73 Å². The number of nitrogens with one attached hydrogen (secondary N) is 2. The highest BCUT2D eigenvalue weighted by Crippen LogP contribution is 2.21. The van der Waals surface area contributed by atoms with Gasteiger partial charge in [0.1, 0.15) is 0 Å². The monoisotopic (exact) mass is 349 g/mol.